The predicted octanol–water partition coefficient (Wildman–Crippen LogP) is 4.10. The van der Waals surface area contributed by atoms with Gasteiger partial charge in [0.2, 0.25) is 0 Å². The maximum Gasteiger partial charge on any atom is 0.0742 e. The third-order valence-corrected chi connectivity index (χ3v) is 3.39. The minimum atomic E-state index is 0.126. The molecule has 0 saturated heterocycles. The van der Waals surface area contributed by atoms with Crippen LogP contribution in [0.1, 0.15) is 65.2 Å². The molecule has 0 nitrogen and oxygen atoms in total. The standard InChI is InChI=1S/C12H23B/c1-11-7-3-5-9-12(2,13)10-6-4-8-11/h11H,3-10H2,1-2H3. The van der Waals surface area contributed by atoms with Crippen LogP contribution in [-0.4, -0.2) is 7.85 Å². The Morgan fingerprint density at radius 3 is 1.92 bits per heavy atom. The second kappa shape index (κ2) is 5.07. The first-order chi connectivity index (χ1) is 6.10. The van der Waals surface area contributed by atoms with E-state index in [1.54, 1.807) is 0 Å². The Bertz CT molecular complexity index is 126. The van der Waals surface area contributed by atoms with Crippen molar-refractivity contribution in [2.24, 2.45) is 5.92 Å². The molecule has 0 amide bonds. The third-order valence-electron chi connectivity index (χ3n) is 3.39. The molecule has 0 bridgehead atoms. The molecule has 0 aromatic heterocycles. The number of hydrogen-bond donors (Lipinski definition) is 0. The first-order valence-electron chi connectivity index (χ1n) is 5.89. The second-order valence-electron chi connectivity index (χ2n) is 5.25. The van der Waals surface area contributed by atoms with Crippen molar-refractivity contribution in [3.63, 3.8) is 0 Å². The highest BCUT2D eigenvalue weighted by atomic mass is 14.2. The molecule has 1 rings (SSSR count). The van der Waals surface area contributed by atoms with Gasteiger partial charge in [0.1, 0.15) is 0 Å². The number of rotatable bonds is 0. The van der Waals surface area contributed by atoms with Gasteiger partial charge in [-0.15, -0.1) is 0 Å². The summed E-state index contributed by atoms with van der Waals surface area (Å²) >= 11 is 0. The lowest BCUT2D eigenvalue weighted by Gasteiger charge is -2.27. The average Bonchev–Trinajstić information content (AvgIpc) is 2.06. The van der Waals surface area contributed by atoms with Crippen molar-refractivity contribution in [3.05, 3.63) is 0 Å². The summed E-state index contributed by atoms with van der Waals surface area (Å²) in [6, 6.07) is 0. The highest BCUT2D eigenvalue weighted by molar-refractivity contribution is 6.14. The zero-order valence-electron chi connectivity index (χ0n) is 9.31. The van der Waals surface area contributed by atoms with Crippen LogP contribution in [0.5, 0.6) is 0 Å². The largest absolute Gasteiger partial charge is 0.0742 e. The van der Waals surface area contributed by atoms with E-state index < -0.39 is 0 Å². The summed E-state index contributed by atoms with van der Waals surface area (Å²) in [4.78, 5) is 0. The van der Waals surface area contributed by atoms with Gasteiger partial charge in [-0.2, -0.15) is 0 Å². The van der Waals surface area contributed by atoms with E-state index in [4.69, 9.17) is 7.85 Å². The quantitative estimate of drug-likeness (QED) is 0.490. The van der Waals surface area contributed by atoms with Crippen LogP contribution in [0.2, 0.25) is 5.31 Å². The van der Waals surface area contributed by atoms with Crippen LogP contribution in [0.15, 0.2) is 0 Å². The Kier molecular flexibility index (Phi) is 4.35. The van der Waals surface area contributed by atoms with Crippen molar-refractivity contribution in [1.29, 1.82) is 0 Å². The van der Waals surface area contributed by atoms with E-state index in [1.165, 1.54) is 51.4 Å². The van der Waals surface area contributed by atoms with Gasteiger partial charge in [-0.3, -0.25) is 0 Å². The SMILES string of the molecule is [B]C1(C)CCCCC(C)CCCC1. The summed E-state index contributed by atoms with van der Waals surface area (Å²) in [6.45, 7) is 4.61. The molecular formula is C12H23B. The highest BCUT2D eigenvalue weighted by Crippen LogP contribution is 2.36. The zero-order chi connectivity index (χ0) is 9.73. The van der Waals surface area contributed by atoms with Crippen molar-refractivity contribution in [3.8, 4) is 0 Å². The molecule has 0 spiro atoms. The molecule has 0 aromatic carbocycles. The van der Waals surface area contributed by atoms with Crippen LogP contribution >= 0.6 is 0 Å². The Morgan fingerprint density at radius 2 is 1.46 bits per heavy atom. The third kappa shape index (κ3) is 4.74. The van der Waals surface area contributed by atoms with Gasteiger partial charge >= 0.3 is 0 Å². The van der Waals surface area contributed by atoms with Crippen LogP contribution in [0.25, 0.3) is 0 Å². The van der Waals surface area contributed by atoms with E-state index in [0.717, 1.165) is 5.92 Å². The Labute approximate surface area is 84.9 Å². The van der Waals surface area contributed by atoms with Crippen LogP contribution in [0.4, 0.5) is 0 Å². The van der Waals surface area contributed by atoms with Gasteiger partial charge in [-0.25, -0.2) is 0 Å². The molecule has 74 valence electrons. The topological polar surface area (TPSA) is 0 Å². The molecule has 0 aliphatic heterocycles. The molecule has 2 radical (unpaired) electrons. The molecule has 13 heavy (non-hydrogen) atoms. The maximum absolute atomic E-state index is 6.20. The van der Waals surface area contributed by atoms with Crippen molar-refractivity contribution < 1.29 is 0 Å². The van der Waals surface area contributed by atoms with Crippen LogP contribution in [0, 0.1) is 5.92 Å². The zero-order valence-corrected chi connectivity index (χ0v) is 9.31. The Morgan fingerprint density at radius 1 is 1.00 bits per heavy atom. The van der Waals surface area contributed by atoms with E-state index in [9.17, 15) is 0 Å². The minimum Gasteiger partial charge on any atom is -0.0688 e. The summed E-state index contributed by atoms with van der Waals surface area (Å²) in [5.41, 5.74) is 0. The molecule has 1 fully saturated rings. The second-order valence-corrected chi connectivity index (χ2v) is 5.25. The molecular weight excluding hydrogens is 155 g/mol. The molecule has 1 aliphatic carbocycles. The minimum absolute atomic E-state index is 0.126. The van der Waals surface area contributed by atoms with Gasteiger partial charge in [0.15, 0.2) is 0 Å². The maximum atomic E-state index is 6.20. The summed E-state index contributed by atoms with van der Waals surface area (Å²) in [6.07, 6.45) is 10.7. The fraction of sp³-hybridized carbons (Fsp3) is 1.00. The fourth-order valence-corrected chi connectivity index (χ4v) is 2.31. The van der Waals surface area contributed by atoms with E-state index in [1.807, 2.05) is 0 Å². The van der Waals surface area contributed by atoms with Gasteiger partial charge in [-0.05, 0) is 5.92 Å². The lowest BCUT2D eigenvalue weighted by atomic mass is 9.64. The van der Waals surface area contributed by atoms with Crippen LogP contribution < -0.4 is 0 Å². The molecule has 1 heteroatoms. The monoisotopic (exact) mass is 178 g/mol. The van der Waals surface area contributed by atoms with E-state index in [2.05, 4.69) is 13.8 Å². The van der Waals surface area contributed by atoms with Crippen LogP contribution in [0.3, 0.4) is 0 Å². The first-order valence-corrected chi connectivity index (χ1v) is 5.89. The van der Waals surface area contributed by atoms with Crippen molar-refractivity contribution in [2.75, 3.05) is 0 Å². The van der Waals surface area contributed by atoms with E-state index in [-0.39, 0.29) is 5.31 Å². The van der Waals surface area contributed by atoms with Crippen molar-refractivity contribution in [1.82, 2.24) is 0 Å². The number of hydrogen-bond acceptors (Lipinski definition) is 0. The van der Waals surface area contributed by atoms with E-state index >= 15 is 0 Å². The first kappa shape index (κ1) is 11.1. The summed E-state index contributed by atoms with van der Waals surface area (Å²) in [7, 11) is 6.20. The average molecular weight is 178 g/mol. The summed E-state index contributed by atoms with van der Waals surface area (Å²) in [5.74, 6) is 0.946. The lowest BCUT2D eigenvalue weighted by Crippen LogP contribution is -2.10. The molecule has 1 aliphatic rings. The molecule has 0 unspecified atom stereocenters. The van der Waals surface area contributed by atoms with Crippen LogP contribution in [-0.2, 0) is 0 Å². The summed E-state index contributed by atoms with van der Waals surface area (Å²) in [5, 5.41) is 0.126. The molecule has 0 aromatic rings. The molecule has 1 saturated carbocycles. The smallest absolute Gasteiger partial charge is 0.0688 e. The highest BCUT2D eigenvalue weighted by Gasteiger charge is 2.17. The van der Waals surface area contributed by atoms with Gasteiger partial charge < -0.3 is 0 Å². The van der Waals surface area contributed by atoms with Crippen molar-refractivity contribution >= 4 is 7.85 Å². The van der Waals surface area contributed by atoms with E-state index in [0.29, 0.717) is 0 Å². The lowest BCUT2D eigenvalue weighted by molar-refractivity contribution is 0.379. The predicted molar refractivity (Wildman–Crippen MR) is 60.2 cm³/mol. The normalized spacial score (nSPS) is 38.5. The Balaban J connectivity index is 2.33. The molecule has 0 atom stereocenters. The van der Waals surface area contributed by atoms with Gasteiger partial charge in [0.25, 0.3) is 0 Å². The van der Waals surface area contributed by atoms with Gasteiger partial charge in [-0.1, -0.05) is 70.5 Å². The fourth-order valence-electron chi connectivity index (χ4n) is 2.31. The van der Waals surface area contributed by atoms with Gasteiger partial charge in [0.05, 0.1) is 7.85 Å². The molecule has 0 N–H and O–H groups in total. The summed E-state index contributed by atoms with van der Waals surface area (Å²) < 4.78 is 0. The van der Waals surface area contributed by atoms with Crippen molar-refractivity contribution in [2.45, 2.75) is 70.5 Å². The van der Waals surface area contributed by atoms with Gasteiger partial charge in [0, 0.05) is 0 Å². The molecule has 0 heterocycles. The Hall–Kier alpha value is 0.0649.